The number of carbonyl (C=O) groups is 1. The molecule has 1 atom stereocenters. The summed E-state index contributed by atoms with van der Waals surface area (Å²) >= 11 is 0. The highest BCUT2D eigenvalue weighted by Crippen LogP contribution is 2.28. The number of hydrogen-bond acceptors (Lipinski definition) is 4. The molecule has 0 aliphatic carbocycles. The van der Waals surface area contributed by atoms with Crippen molar-refractivity contribution >= 4 is 11.6 Å². The summed E-state index contributed by atoms with van der Waals surface area (Å²) in [7, 11) is 1.64. The molecule has 2 aliphatic rings. The molecule has 1 aromatic rings. The lowest BCUT2D eigenvalue weighted by Crippen LogP contribution is -2.43. The first-order chi connectivity index (χ1) is 11.7. The van der Waals surface area contributed by atoms with E-state index in [9.17, 15) is 4.79 Å². The van der Waals surface area contributed by atoms with E-state index in [1.807, 2.05) is 25.1 Å². The van der Waals surface area contributed by atoms with Gasteiger partial charge in [0, 0.05) is 6.54 Å². The highest BCUT2D eigenvalue weighted by Gasteiger charge is 2.32. The van der Waals surface area contributed by atoms with Crippen LogP contribution in [0, 0.1) is 12.8 Å². The van der Waals surface area contributed by atoms with E-state index in [1.54, 1.807) is 7.11 Å². The monoisotopic (exact) mass is 331 g/mol. The van der Waals surface area contributed by atoms with Crippen LogP contribution in [0.15, 0.2) is 18.2 Å². The number of nitrogens with zero attached hydrogens (tertiary/aromatic N) is 1. The maximum Gasteiger partial charge on any atom is 0.241 e. The number of hydrogen-bond donors (Lipinski definition) is 2. The second-order valence-electron chi connectivity index (χ2n) is 7.04. The predicted octanol–water partition coefficient (Wildman–Crippen LogP) is 2.41. The molecule has 1 unspecified atom stereocenters. The van der Waals surface area contributed by atoms with Gasteiger partial charge in [0.05, 0.1) is 18.8 Å². The summed E-state index contributed by atoms with van der Waals surface area (Å²) in [4.78, 5) is 15.2. The van der Waals surface area contributed by atoms with Crippen LogP contribution in [0.3, 0.4) is 0 Å². The number of carbonyl (C=O) groups excluding carboxylic acids is 1. The molecule has 2 aliphatic heterocycles. The van der Waals surface area contributed by atoms with Gasteiger partial charge in [-0.15, -0.1) is 0 Å². The van der Waals surface area contributed by atoms with Crippen molar-refractivity contribution in [3.05, 3.63) is 23.8 Å². The number of piperidine rings is 1. The molecule has 24 heavy (non-hydrogen) atoms. The molecule has 0 bridgehead atoms. The van der Waals surface area contributed by atoms with E-state index in [1.165, 1.54) is 12.8 Å². The van der Waals surface area contributed by atoms with Crippen molar-refractivity contribution in [2.75, 3.05) is 38.6 Å². The van der Waals surface area contributed by atoms with Crippen molar-refractivity contribution in [2.24, 2.45) is 5.92 Å². The van der Waals surface area contributed by atoms with Crippen LogP contribution in [-0.2, 0) is 4.79 Å². The lowest BCUT2D eigenvalue weighted by Gasteiger charge is -2.30. The Kier molecular flexibility index (Phi) is 5.74. The Hall–Kier alpha value is -1.59. The van der Waals surface area contributed by atoms with Crippen molar-refractivity contribution in [3.63, 3.8) is 0 Å². The second kappa shape index (κ2) is 7.99. The van der Waals surface area contributed by atoms with E-state index in [4.69, 9.17) is 4.74 Å². The quantitative estimate of drug-likeness (QED) is 0.870. The molecule has 3 rings (SSSR count). The maximum absolute atomic E-state index is 12.8. The van der Waals surface area contributed by atoms with Gasteiger partial charge in [-0.05, 0) is 75.9 Å². The third kappa shape index (κ3) is 4.08. The number of likely N-dealkylation sites (tertiary alicyclic amines) is 1. The highest BCUT2D eigenvalue weighted by molar-refractivity contribution is 5.96. The topological polar surface area (TPSA) is 53.6 Å². The molecule has 1 aromatic carbocycles. The molecule has 5 nitrogen and oxygen atoms in total. The van der Waals surface area contributed by atoms with Gasteiger partial charge in [-0.25, -0.2) is 0 Å². The molecule has 2 saturated heterocycles. The summed E-state index contributed by atoms with van der Waals surface area (Å²) in [6.07, 6.45) is 4.49. The fraction of sp³-hybridized carbons (Fsp3) is 0.632. The van der Waals surface area contributed by atoms with Gasteiger partial charge >= 0.3 is 0 Å². The van der Waals surface area contributed by atoms with Gasteiger partial charge in [0.15, 0.2) is 0 Å². The third-order valence-corrected chi connectivity index (χ3v) is 5.23. The average molecular weight is 331 g/mol. The molecule has 1 amide bonds. The number of rotatable bonds is 5. The Bertz CT molecular complexity index is 570. The van der Waals surface area contributed by atoms with Crippen LogP contribution in [-0.4, -0.2) is 50.1 Å². The van der Waals surface area contributed by atoms with Crippen LogP contribution in [0.25, 0.3) is 0 Å². The molecule has 2 heterocycles. The predicted molar refractivity (Wildman–Crippen MR) is 96.5 cm³/mol. The first-order valence-corrected chi connectivity index (χ1v) is 9.07. The fourth-order valence-electron chi connectivity index (χ4n) is 3.87. The summed E-state index contributed by atoms with van der Waals surface area (Å²) in [5, 5.41) is 6.51. The number of benzene rings is 1. The normalized spacial score (nSPS) is 22.5. The smallest absolute Gasteiger partial charge is 0.241 e. The molecule has 5 heteroatoms. The molecule has 2 N–H and O–H groups in total. The number of anilines is 1. The Balaban J connectivity index is 1.64. The first kappa shape index (κ1) is 17.2. The fourth-order valence-corrected chi connectivity index (χ4v) is 3.87. The number of amides is 1. The maximum atomic E-state index is 12.8. The number of nitrogens with one attached hydrogen (secondary N) is 2. The zero-order chi connectivity index (χ0) is 16.9. The minimum atomic E-state index is -0.00916. The zero-order valence-corrected chi connectivity index (χ0v) is 14.8. The molecule has 0 saturated carbocycles. The molecule has 2 fully saturated rings. The highest BCUT2D eigenvalue weighted by atomic mass is 16.5. The average Bonchev–Trinajstić information content (AvgIpc) is 3.04. The van der Waals surface area contributed by atoms with Gasteiger partial charge in [-0.3, -0.25) is 9.69 Å². The Labute approximate surface area is 144 Å². The zero-order valence-electron chi connectivity index (χ0n) is 14.8. The van der Waals surface area contributed by atoms with Gasteiger partial charge in [0.25, 0.3) is 0 Å². The van der Waals surface area contributed by atoms with Crippen molar-refractivity contribution in [1.29, 1.82) is 0 Å². The number of aryl methyl sites for hydroxylation is 1. The molecule has 132 valence electrons. The van der Waals surface area contributed by atoms with Gasteiger partial charge in [0.2, 0.25) is 5.91 Å². The largest absolute Gasteiger partial charge is 0.495 e. The number of methoxy groups -OCH3 is 1. The van der Waals surface area contributed by atoms with Crippen LogP contribution < -0.4 is 15.4 Å². The van der Waals surface area contributed by atoms with Crippen molar-refractivity contribution < 1.29 is 9.53 Å². The van der Waals surface area contributed by atoms with E-state index in [0.29, 0.717) is 5.92 Å². The second-order valence-corrected chi connectivity index (χ2v) is 7.04. The van der Waals surface area contributed by atoms with Gasteiger partial charge < -0.3 is 15.4 Å². The summed E-state index contributed by atoms with van der Waals surface area (Å²) in [6.45, 7) is 6.32. The van der Waals surface area contributed by atoms with E-state index >= 15 is 0 Å². The van der Waals surface area contributed by atoms with Gasteiger partial charge in [0.1, 0.15) is 5.75 Å². The summed E-state index contributed by atoms with van der Waals surface area (Å²) in [5.41, 5.74) is 1.89. The Morgan fingerprint density at radius 1 is 1.33 bits per heavy atom. The number of ether oxygens (including phenoxy) is 1. The van der Waals surface area contributed by atoms with Crippen LogP contribution >= 0.6 is 0 Å². The Morgan fingerprint density at radius 3 is 2.88 bits per heavy atom. The van der Waals surface area contributed by atoms with E-state index in [0.717, 1.165) is 56.0 Å². The van der Waals surface area contributed by atoms with Crippen LogP contribution in [0.1, 0.15) is 31.2 Å². The van der Waals surface area contributed by atoms with E-state index in [2.05, 4.69) is 15.5 Å². The van der Waals surface area contributed by atoms with Crippen molar-refractivity contribution in [2.45, 2.75) is 38.6 Å². The summed E-state index contributed by atoms with van der Waals surface area (Å²) in [6, 6.07) is 5.87. The molecule has 0 aromatic heterocycles. The molecular formula is C19H29N3O2. The molecule has 0 radical (unpaired) electrons. The molecule has 0 spiro atoms. The van der Waals surface area contributed by atoms with Crippen LogP contribution in [0.4, 0.5) is 5.69 Å². The Morgan fingerprint density at radius 2 is 2.12 bits per heavy atom. The van der Waals surface area contributed by atoms with E-state index in [-0.39, 0.29) is 11.9 Å². The minimum Gasteiger partial charge on any atom is -0.495 e. The minimum absolute atomic E-state index is 0.00916. The van der Waals surface area contributed by atoms with Crippen LogP contribution in [0.5, 0.6) is 5.75 Å². The SMILES string of the molecule is COc1ccc(C)cc1NC(=O)C1CCCN1CC1CCNCC1. The first-order valence-electron chi connectivity index (χ1n) is 9.07. The van der Waals surface area contributed by atoms with E-state index < -0.39 is 0 Å². The third-order valence-electron chi connectivity index (χ3n) is 5.23. The lowest BCUT2D eigenvalue weighted by molar-refractivity contribution is -0.120. The van der Waals surface area contributed by atoms with Crippen LogP contribution in [0.2, 0.25) is 0 Å². The summed E-state index contributed by atoms with van der Waals surface area (Å²) in [5.74, 6) is 1.54. The molecular weight excluding hydrogens is 302 g/mol. The van der Waals surface area contributed by atoms with Crippen molar-refractivity contribution in [3.8, 4) is 5.75 Å². The summed E-state index contributed by atoms with van der Waals surface area (Å²) < 4.78 is 5.38. The lowest BCUT2D eigenvalue weighted by atomic mass is 9.97. The van der Waals surface area contributed by atoms with Gasteiger partial charge in [-0.1, -0.05) is 6.07 Å². The standard InChI is InChI=1S/C19H29N3O2/c1-14-5-6-18(24-2)16(12-14)21-19(23)17-4-3-11-22(17)13-15-7-9-20-10-8-15/h5-6,12,15,17,20H,3-4,7-11,13H2,1-2H3,(H,21,23). The van der Waals surface area contributed by atoms with Crippen molar-refractivity contribution in [1.82, 2.24) is 10.2 Å². The van der Waals surface area contributed by atoms with Gasteiger partial charge in [-0.2, -0.15) is 0 Å².